The van der Waals surface area contributed by atoms with Crippen LogP contribution >= 0.6 is 0 Å². The zero-order valence-electron chi connectivity index (χ0n) is 8.79. The zero-order chi connectivity index (χ0) is 11.7. The fourth-order valence-electron chi connectivity index (χ4n) is 1.63. The lowest BCUT2D eigenvalue weighted by molar-refractivity contribution is -0.120. The van der Waals surface area contributed by atoms with Crippen LogP contribution in [0.3, 0.4) is 0 Å². The summed E-state index contributed by atoms with van der Waals surface area (Å²) in [6.07, 6.45) is 0.194. The number of benzene rings is 1. The van der Waals surface area contributed by atoms with E-state index in [0.29, 0.717) is 5.56 Å². The maximum atomic E-state index is 13.8. The predicted octanol–water partition coefficient (Wildman–Crippen LogP) is 1.58. The lowest BCUT2D eigenvalue weighted by Gasteiger charge is -2.27. The molecule has 0 unspecified atom stereocenters. The molecule has 16 heavy (non-hydrogen) atoms. The van der Waals surface area contributed by atoms with Crippen LogP contribution < -0.4 is 10.2 Å². The standard InChI is InChI=1S/C11H11FN2O2/c1-7-3-2-4-8(10(7)12)14-6-5-9(15)13-11(14)16/h2-4H,5-6H2,1H3,(H,13,15,16). The molecule has 84 valence electrons. The van der Waals surface area contributed by atoms with E-state index in [2.05, 4.69) is 5.32 Å². The number of anilines is 1. The Morgan fingerprint density at radius 1 is 1.38 bits per heavy atom. The summed E-state index contributed by atoms with van der Waals surface area (Å²) in [5.74, 6) is -0.749. The molecule has 2 rings (SSSR count). The first-order chi connectivity index (χ1) is 7.59. The van der Waals surface area contributed by atoms with E-state index in [1.54, 1.807) is 19.1 Å². The first-order valence-corrected chi connectivity index (χ1v) is 4.96. The van der Waals surface area contributed by atoms with Gasteiger partial charge in [0.1, 0.15) is 5.82 Å². The SMILES string of the molecule is Cc1cccc(N2CCC(=O)NC2=O)c1F. The predicted molar refractivity (Wildman–Crippen MR) is 56.6 cm³/mol. The Hall–Kier alpha value is -1.91. The molecular formula is C11H11FN2O2. The molecule has 1 aromatic rings. The summed E-state index contributed by atoms with van der Waals surface area (Å²) in [7, 11) is 0. The van der Waals surface area contributed by atoms with Gasteiger partial charge in [-0.05, 0) is 18.6 Å². The van der Waals surface area contributed by atoms with Crippen LogP contribution in [-0.2, 0) is 4.79 Å². The summed E-state index contributed by atoms with van der Waals surface area (Å²) in [5.41, 5.74) is 0.687. The molecule has 1 saturated heterocycles. The highest BCUT2D eigenvalue weighted by atomic mass is 19.1. The number of nitrogens with one attached hydrogen (secondary N) is 1. The fraction of sp³-hybridized carbons (Fsp3) is 0.273. The summed E-state index contributed by atoms with van der Waals surface area (Å²) < 4.78 is 13.8. The normalized spacial score (nSPS) is 16.2. The van der Waals surface area contributed by atoms with Gasteiger partial charge in [-0.15, -0.1) is 0 Å². The molecule has 3 amide bonds. The summed E-state index contributed by atoms with van der Waals surface area (Å²) in [5, 5.41) is 2.16. The van der Waals surface area contributed by atoms with Crippen LogP contribution in [0.15, 0.2) is 18.2 Å². The van der Waals surface area contributed by atoms with Crippen molar-refractivity contribution in [3.63, 3.8) is 0 Å². The van der Waals surface area contributed by atoms with Crippen LogP contribution in [0, 0.1) is 12.7 Å². The molecule has 0 aliphatic carbocycles. The van der Waals surface area contributed by atoms with Gasteiger partial charge in [0.05, 0.1) is 5.69 Å². The largest absolute Gasteiger partial charge is 0.328 e. The van der Waals surface area contributed by atoms with E-state index in [0.717, 1.165) is 0 Å². The molecule has 1 aliphatic rings. The van der Waals surface area contributed by atoms with E-state index in [4.69, 9.17) is 0 Å². The summed E-state index contributed by atoms with van der Waals surface area (Å²) >= 11 is 0. The van der Waals surface area contributed by atoms with Gasteiger partial charge in [-0.1, -0.05) is 12.1 Å². The Morgan fingerprint density at radius 3 is 2.81 bits per heavy atom. The van der Waals surface area contributed by atoms with E-state index in [9.17, 15) is 14.0 Å². The molecule has 5 heteroatoms. The molecule has 0 spiro atoms. The van der Waals surface area contributed by atoms with Crippen molar-refractivity contribution in [2.24, 2.45) is 0 Å². The topological polar surface area (TPSA) is 49.4 Å². The molecule has 0 radical (unpaired) electrons. The molecule has 0 atom stereocenters. The van der Waals surface area contributed by atoms with E-state index in [1.165, 1.54) is 11.0 Å². The number of rotatable bonds is 1. The van der Waals surface area contributed by atoms with Gasteiger partial charge >= 0.3 is 6.03 Å². The second kappa shape index (κ2) is 3.92. The van der Waals surface area contributed by atoms with Crippen LogP contribution in [0.2, 0.25) is 0 Å². The quantitative estimate of drug-likeness (QED) is 0.784. The number of amides is 3. The second-order valence-corrected chi connectivity index (χ2v) is 3.66. The third-order valence-corrected chi connectivity index (χ3v) is 2.52. The minimum absolute atomic E-state index is 0.194. The Morgan fingerprint density at radius 2 is 2.12 bits per heavy atom. The monoisotopic (exact) mass is 222 g/mol. The minimum Gasteiger partial charge on any atom is -0.291 e. The van der Waals surface area contributed by atoms with Crippen LogP contribution in [0.1, 0.15) is 12.0 Å². The number of aryl methyl sites for hydroxylation is 1. The number of hydrogen-bond acceptors (Lipinski definition) is 2. The van der Waals surface area contributed by atoms with Crippen LogP contribution in [0.5, 0.6) is 0 Å². The lowest BCUT2D eigenvalue weighted by atomic mass is 10.1. The van der Waals surface area contributed by atoms with Gasteiger partial charge in [0, 0.05) is 13.0 Å². The van der Waals surface area contributed by atoms with Gasteiger partial charge in [0.2, 0.25) is 5.91 Å². The van der Waals surface area contributed by atoms with Crippen molar-refractivity contribution in [2.75, 3.05) is 11.4 Å². The smallest absolute Gasteiger partial charge is 0.291 e. The van der Waals surface area contributed by atoms with E-state index in [1.807, 2.05) is 0 Å². The average molecular weight is 222 g/mol. The van der Waals surface area contributed by atoms with Crippen molar-refractivity contribution in [1.29, 1.82) is 0 Å². The van der Waals surface area contributed by atoms with Crippen LogP contribution in [0.25, 0.3) is 0 Å². The molecule has 1 N–H and O–H groups in total. The molecule has 1 aromatic carbocycles. The van der Waals surface area contributed by atoms with E-state index < -0.39 is 11.8 Å². The van der Waals surface area contributed by atoms with Gasteiger partial charge in [0.15, 0.2) is 0 Å². The highest BCUT2D eigenvalue weighted by Gasteiger charge is 2.26. The van der Waals surface area contributed by atoms with Crippen molar-refractivity contribution < 1.29 is 14.0 Å². The molecule has 0 bridgehead atoms. The van der Waals surface area contributed by atoms with Gasteiger partial charge in [-0.25, -0.2) is 9.18 Å². The summed E-state index contributed by atoms with van der Waals surface area (Å²) in [6, 6.07) is 4.27. The van der Waals surface area contributed by atoms with Gasteiger partial charge < -0.3 is 0 Å². The number of urea groups is 1. The lowest BCUT2D eigenvalue weighted by Crippen LogP contribution is -2.49. The van der Waals surface area contributed by atoms with E-state index in [-0.39, 0.29) is 24.6 Å². The summed E-state index contributed by atoms with van der Waals surface area (Å²) in [4.78, 5) is 23.7. The Balaban J connectivity index is 2.34. The fourth-order valence-corrected chi connectivity index (χ4v) is 1.63. The molecule has 1 heterocycles. The number of halogens is 1. The molecule has 4 nitrogen and oxygen atoms in total. The first-order valence-electron chi connectivity index (χ1n) is 4.96. The summed E-state index contributed by atoms with van der Waals surface area (Å²) in [6.45, 7) is 1.84. The number of carbonyl (C=O) groups excluding carboxylic acids is 2. The Bertz CT molecular complexity index is 459. The number of imide groups is 1. The Kier molecular flexibility index (Phi) is 2.60. The average Bonchev–Trinajstić information content (AvgIpc) is 2.23. The molecule has 0 aromatic heterocycles. The van der Waals surface area contributed by atoms with Crippen molar-refractivity contribution in [3.8, 4) is 0 Å². The number of nitrogens with zero attached hydrogens (tertiary/aromatic N) is 1. The van der Waals surface area contributed by atoms with Crippen molar-refractivity contribution in [2.45, 2.75) is 13.3 Å². The maximum absolute atomic E-state index is 13.8. The van der Waals surface area contributed by atoms with E-state index >= 15 is 0 Å². The third kappa shape index (κ3) is 1.76. The van der Waals surface area contributed by atoms with Crippen LogP contribution in [0.4, 0.5) is 14.9 Å². The number of carbonyl (C=O) groups is 2. The van der Waals surface area contributed by atoms with Gasteiger partial charge in [-0.3, -0.25) is 15.0 Å². The van der Waals surface area contributed by atoms with Crippen molar-refractivity contribution in [3.05, 3.63) is 29.6 Å². The third-order valence-electron chi connectivity index (χ3n) is 2.52. The molecular weight excluding hydrogens is 211 g/mol. The van der Waals surface area contributed by atoms with Crippen molar-refractivity contribution >= 4 is 17.6 Å². The zero-order valence-corrected chi connectivity index (χ0v) is 8.79. The number of hydrogen-bond donors (Lipinski definition) is 1. The van der Waals surface area contributed by atoms with Crippen LogP contribution in [-0.4, -0.2) is 18.5 Å². The highest BCUT2D eigenvalue weighted by Crippen LogP contribution is 2.23. The Labute approximate surface area is 92.0 Å². The highest BCUT2D eigenvalue weighted by molar-refractivity contribution is 6.05. The van der Waals surface area contributed by atoms with Gasteiger partial charge in [0.25, 0.3) is 0 Å². The minimum atomic E-state index is -0.569. The van der Waals surface area contributed by atoms with Gasteiger partial charge in [-0.2, -0.15) is 0 Å². The first kappa shape index (κ1) is 10.6. The molecule has 0 saturated carbocycles. The molecule has 1 aliphatic heterocycles. The second-order valence-electron chi connectivity index (χ2n) is 3.66. The maximum Gasteiger partial charge on any atom is 0.328 e. The molecule has 1 fully saturated rings. The van der Waals surface area contributed by atoms with Crippen molar-refractivity contribution in [1.82, 2.24) is 5.32 Å².